The number of carbonyl (C=O) groups is 1. The molecule has 0 aromatic heterocycles. The molecule has 3 rings (SSSR count). The van der Waals surface area contributed by atoms with E-state index in [1.165, 1.54) is 0 Å². The molecule has 0 radical (unpaired) electrons. The van der Waals surface area contributed by atoms with Crippen LogP contribution in [0, 0.1) is 5.92 Å². The van der Waals surface area contributed by atoms with E-state index in [4.69, 9.17) is 4.74 Å². The Morgan fingerprint density at radius 2 is 1.24 bits per heavy atom. The second-order valence-electron chi connectivity index (χ2n) is 7.85. The van der Waals surface area contributed by atoms with Gasteiger partial charge in [0.15, 0.2) is 0 Å². The molecule has 0 aliphatic heterocycles. The smallest absolute Gasteiger partial charge is 0.338 e. The van der Waals surface area contributed by atoms with Crippen LogP contribution in [0.1, 0.15) is 31.1 Å². The topological polar surface area (TPSA) is 43.4 Å². The van der Waals surface area contributed by atoms with Gasteiger partial charge in [-0.1, -0.05) is 85.8 Å². The van der Waals surface area contributed by atoms with Gasteiger partial charge in [0.25, 0.3) is 0 Å². The second kappa shape index (κ2) is 8.80. The molecule has 0 spiro atoms. The molecule has 0 bridgehead atoms. The molecule has 1 unspecified atom stereocenters. The highest BCUT2D eigenvalue weighted by atomic mass is 31.2. The molecule has 150 valence electrons. The van der Waals surface area contributed by atoms with Crippen LogP contribution in [-0.4, -0.2) is 17.7 Å². The molecule has 3 nitrogen and oxygen atoms in total. The molecular formula is C25H27O3P. The maximum Gasteiger partial charge on any atom is 0.338 e. The number of hydrogen-bond donors (Lipinski definition) is 0. The molecule has 0 saturated heterocycles. The van der Waals surface area contributed by atoms with Crippen molar-refractivity contribution in [2.75, 3.05) is 6.16 Å². The minimum atomic E-state index is -2.88. The van der Waals surface area contributed by atoms with Crippen LogP contribution in [0.15, 0.2) is 91.0 Å². The average Bonchev–Trinajstić information content (AvgIpc) is 2.75. The van der Waals surface area contributed by atoms with Crippen molar-refractivity contribution in [3.8, 4) is 0 Å². The molecule has 3 aromatic carbocycles. The summed E-state index contributed by atoms with van der Waals surface area (Å²) in [6.45, 7) is 5.77. The predicted molar refractivity (Wildman–Crippen MR) is 120 cm³/mol. The van der Waals surface area contributed by atoms with Gasteiger partial charge in [-0.2, -0.15) is 0 Å². The summed E-state index contributed by atoms with van der Waals surface area (Å²) in [5, 5.41) is 1.64. The molecule has 0 fully saturated rings. The highest BCUT2D eigenvalue weighted by Crippen LogP contribution is 2.47. The molecule has 29 heavy (non-hydrogen) atoms. The molecule has 0 N–H and O–H groups in total. The third-order valence-corrected chi connectivity index (χ3v) is 8.76. The fourth-order valence-electron chi connectivity index (χ4n) is 3.28. The van der Waals surface area contributed by atoms with Gasteiger partial charge in [0.2, 0.25) is 0 Å². The first-order chi connectivity index (χ1) is 13.8. The molecule has 0 saturated carbocycles. The van der Waals surface area contributed by atoms with Crippen molar-refractivity contribution in [1.82, 2.24) is 0 Å². The first-order valence-corrected chi connectivity index (χ1v) is 11.7. The first kappa shape index (κ1) is 21.1. The fraction of sp³-hybridized carbons (Fsp3) is 0.240. The number of hydrogen-bond acceptors (Lipinski definition) is 3. The lowest BCUT2D eigenvalue weighted by Crippen LogP contribution is -2.38. The monoisotopic (exact) mass is 406 g/mol. The molecule has 0 amide bonds. The quantitative estimate of drug-likeness (QED) is 0.396. The second-order valence-corrected chi connectivity index (χ2v) is 10.7. The highest BCUT2D eigenvalue weighted by Gasteiger charge is 2.37. The van der Waals surface area contributed by atoms with E-state index >= 15 is 0 Å². The maximum atomic E-state index is 14.3. The Kier molecular flexibility index (Phi) is 6.39. The third-order valence-electron chi connectivity index (χ3n) is 5.43. The van der Waals surface area contributed by atoms with Crippen LogP contribution in [0.2, 0.25) is 0 Å². The summed E-state index contributed by atoms with van der Waals surface area (Å²) in [7, 11) is -2.88. The summed E-state index contributed by atoms with van der Waals surface area (Å²) in [6.07, 6.45) is 0.413. The first-order valence-electron chi connectivity index (χ1n) is 9.81. The van der Waals surface area contributed by atoms with E-state index in [0.29, 0.717) is 11.7 Å². The van der Waals surface area contributed by atoms with Crippen LogP contribution in [0.5, 0.6) is 0 Å². The van der Waals surface area contributed by atoms with Crippen LogP contribution in [0.25, 0.3) is 0 Å². The van der Waals surface area contributed by atoms with Crippen LogP contribution >= 0.6 is 7.14 Å². The largest absolute Gasteiger partial charge is 0.456 e. The minimum absolute atomic E-state index is 0.124. The Morgan fingerprint density at radius 1 is 0.828 bits per heavy atom. The number of carbonyl (C=O) groups excluding carboxylic acids is 1. The summed E-state index contributed by atoms with van der Waals surface area (Å²) in [4.78, 5) is 12.6. The van der Waals surface area contributed by atoms with Gasteiger partial charge in [-0.25, -0.2) is 4.79 Å². The Morgan fingerprint density at radius 3 is 1.69 bits per heavy atom. The van der Waals surface area contributed by atoms with Crippen molar-refractivity contribution in [2.24, 2.45) is 5.92 Å². The molecule has 1 atom stereocenters. The molecule has 0 heterocycles. The molecular weight excluding hydrogens is 379 g/mol. The summed E-state index contributed by atoms with van der Waals surface area (Å²) >= 11 is 0. The van der Waals surface area contributed by atoms with E-state index in [0.717, 1.165) is 10.6 Å². The van der Waals surface area contributed by atoms with Crippen molar-refractivity contribution >= 4 is 23.7 Å². The van der Waals surface area contributed by atoms with Crippen LogP contribution in [0.3, 0.4) is 0 Å². The third kappa shape index (κ3) is 4.86. The summed E-state index contributed by atoms with van der Waals surface area (Å²) in [5.41, 5.74) is -0.256. The van der Waals surface area contributed by atoms with Crippen LogP contribution < -0.4 is 10.6 Å². The Bertz CT molecular complexity index is 939. The van der Waals surface area contributed by atoms with E-state index < -0.39 is 12.7 Å². The van der Waals surface area contributed by atoms with E-state index in [2.05, 4.69) is 0 Å². The lowest BCUT2D eigenvalue weighted by molar-refractivity contribution is -0.0216. The van der Waals surface area contributed by atoms with Crippen molar-refractivity contribution in [3.05, 3.63) is 96.6 Å². The molecule has 0 aliphatic rings. The van der Waals surface area contributed by atoms with E-state index in [9.17, 15) is 9.36 Å². The van der Waals surface area contributed by atoms with Crippen molar-refractivity contribution in [1.29, 1.82) is 0 Å². The zero-order valence-electron chi connectivity index (χ0n) is 17.1. The normalized spacial score (nSPS) is 12.9. The average molecular weight is 406 g/mol. The van der Waals surface area contributed by atoms with Crippen LogP contribution in [0.4, 0.5) is 0 Å². The predicted octanol–water partition coefficient (Wildman–Crippen LogP) is 5.27. The molecule has 3 aromatic rings. The van der Waals surface area contributed by atoms with Gasteiger partial charge in [-0.3, -0.25) is 0 Å². The van der Waals surface area contributed by atoms with Gasteiger partial charge in [0, 0.05) is 22.7 Å². The van der Waals surface area contributed by atoms with Gasteiger partial charge >= 0.3 is 5.97 Å². The SMILES string of the molecule is CC(CP(=O)(c1ccccc1)c1ccccc1)C(C)(C)OC(=O)c1ccccc1. The lowest BCUT2D eigenvalue weighted by Gasteiger charge is -2.34. The van der Waals surface area contributed by atoms with Crippen molar-refractivity contribution < 1.29 is 14.1 Å². The van der Waals surface area contributed by atoms with Crippen LogP contribution in [-0.2, 0) is 9.30 Å². The van der Waals surface area contributed by atoms with E-state index in [1.807, 2.05) is 99.6 Å². The zero-order valence-corrected chi connectivity index (χ0v) is 18.0. The summed E-state index contributed by atoms with van der Waals surface area (Å²) < 4.78 is 20.1. The fourth-order valence-corrected chi connectivity index (χ4v) is 6.51. The van der Waals surface area contributed by atoms with Gasteiger partial charge in [0.1, 0.15) is 12.7 Å². The highest BCUT2D eigenvalue weighted by molar-refractivity contribution is 7.78. The lowest BCUT2D eigenvalue weighted by atomic mass is 9.94. The standard InChI is InChI=1S/C25H27O3P/c1-20(25(2,3)28-24(26)21-13-7-4-8-14-21)19-29(27,22-15-9-5-10-16-22)23-17-11-6-12-18-23/h4-18,20H,19H2,1-3H3. The maximum absolute atomic E-state index is 14.3. The summed E-state index contributed by atoms with van der Waals surface area (Å²) in [6, 6.07) is 28.1. The Hall–Kier alpha value is -2.64. The molecule has 0 aliphatic carbocycles. The number of esters is 1. The summed E-state index contributed by atoms with van der Waals surface area (Å²) in [5.74, 6) is -0.488. The minimum Gasteiger partial charge on any atom is -0.456 e. The zero-order chi connectivity index (χ0) is 20.9. The molecule has 4 heteroatoms. The number of benzene rings is 3. The van der Waals surface area contributed by atoms with Gasteiger partial charge < -0.3 is 9.30 Å². The number of ether oxygens (including phenoxy) is 1. The Balaban J connectivity index is 1.87. The van der Waals surface area contributed by atoms with Crippen molar-refractivity contribution in [3.63, 3.8) is 0 Å². The number of rotatable bonds is 7. The van der Waals surface area contributed by atoms with Gasteiger partial charge in [-0.05, 0) is 26.0 Å². The van der Waals surface area contributed by atoms with E-state index in [-0.39, 0.29) is 11.9 Å². The Labute approximate surface area is 173 Å². The van der Waals surface area contributed by atoms with Gasteiger partial charge in [-0.15, -0.1) is 0 Å². The van der Waals surface area contributed by atoms with E-state index in [1.54, 1.807) is 12.1 Å². The van der Waals surface area contributed by atoms with Gasteiger partial charge in [0.05, 0.1) is 5.56 Å². The van der Waals surface area contributed by atoms with Crippen molar-refractivity contribution in [2.45, 2.75) is 26.4 Å².